The summed E-state index contributed by atoms with van der Waals surface area (Å²) in [6.45, 7) is 7.53. The van der Waals surface area contributed by atoms with Crippen molar-refractivity contribution in [1.82, 2.24) is 15.6 Å². The summed E-state index contributed by atoms with van der Waals surface area (Å²) in [5.74, 6) is 8.12. The molecule has 1 aromatic heterocycles. The zero-order valence-electron chi connectivity index (χ0n) is 24.5. The zero-order valence-corrected chi connectivity index (χ0v) is 24.5. The number of aliphatic imine (C=N–C) groups is 1. The average molecular weight is 559 g/mol. The number of aliphatic hydroxyl groups is 3. The summed E-state index contributed by atoms with van der Waals surface area (Å²) in [6, 6.07) is 10.3. The van der Waals surface area contributed by atoms with Gasteiger partial charge in [0.15, 0.2) is 5.96 Å². The van der Waals surface area contributed by atoms with E-state index in [9.17, 15) is 15.3 Å². The Balaban J connectivity index is 1.38. The molecular formula is C34H46N4O3. The van der Waals surface area contributed by atoms with Crippen LogP contribution in [0.15, 0.2) is 47.5 Å². The zero-order chi connectivity index (χ0) is 28.8. The smallest absolute Gasteiger partial charge is 0.191 e. The van der Waals surface area contributed by atoms with Gasteiger partial charge in [-0.15, -0.1) is 5.92 Å². The van der Waals surface area contributed by atoms with Crippen molar-refractivity contribution in [2.45, 2.75) is 82.0 Å². The molecule has 2 aromatic rings. The Morgan fingerprint density at radius 1 is 1.17 bits per heavy atom. The number of rotatable bonds is 7. The van der Waals surface area contributed by atoms with Crippen molar-refractivity contribution in [3.8, 4) is 11.8 Å². The van der Waals surface area contributed by atoms with Gasteiger partial charge in [-0.1, -0.05) is 36.3 Å². The number of guanidine groups is 1. The second-order valence-corrected chi connectivity index (χ2v) is 13.4. The highest BCUT2D eigenvalue weighted by molar-refractivity contribution is 5.81. The largest absolute Gasteiger partial charge is 0.396 e. The molecule has 5 aliphatic carbocycles. The van der Waals surface area contributed by atoms with E-state index in [2.05, 4.69) is 62.8 Å². The molecule has 8 unspecified atom stereocenters. The van der Waals surface area contributed by atoms with Crippen LogP contribution in [0.4, 0.5) is 0 Å². The third kappa shape index (κ3) is 4.88. The standard InChI is InChI=1S/C34H46N4O3/c1-22(18-26-19-23-8-4-5-10-29(23)37-26)33-14-6-9-25(38-31(35-3)36-16-7-17-39)21-34(41)15-13-27-30(34)28(33)12-11-24(20-33)32(27,2)40/h4-5,8,10,19,24-25,27-28,30,37,39-41H,1,7,11-18,20-21H2,2-3H3,(H2,35,36,38). The molecule has 6 N–H and O–H groups in total. The third-order valence-corrected chi connectivity index (χ3v) is 11.2. The van der Waals surface area contributed by atoms with Crippen LogP contribution in [0, 0.1) is 40.9 Å². The third-order valence-electron chi connectivity index (χ3n) is 11.2. The van der Waals surface area contributed by atoms with E-state index >= 15 is 0 Å². The number of hydrogen-bond acceptors (Lipinski definition) is 4. The highest BCUT2D eigenvalue weighted by atomic mass is 16.3. The monoisotopic (exact) mass is 558 g/mol. The van der Waals surface area contributed by atoms with E-state index in [4.69, 9.17) is 6.58 Å². The van der Waals surface area contributed by atoms with Crippen LogP contribution in [0.2, 0.25) is 0 Å². The van der Waals surface area contributed by atoms with Gasteiger partial charge in [0.05, 0.1) is 17.2 Å². The number of aromatic nitrogens is 1. The highest BCUT2D eigenvalue weighted by Crippen LogP contribution is 2.67. The molecule has 1 heterocycles. The summed E-state index contributed by atoms with van der Waals surface area (Å²) < 4.78 is 0. The van der Waals surface area contributed by atoms with Gasteiger partial charge in [-0.2, -0.15) is 0 Å². The van der Waals surface area contributed by atoms with E-state index in [1.807, 2.05) is 6.92 Å². The topological polar surface area (TPSA) is 113 Å². The van der Waals surface area contributed by atoms with E-state index in [1.54, 1.807) is 7.05 Å². The van der Waals surface area contributed by atoms with Crippen molar-refractivity contribution in [3.05, 3.63) is 48.2 Å². The summed E-state index contributed by atoms with van der Waals surface area (Å²) >= 11 is 0. The van der Waals surface area contributed by atoms with Crippen molar-refractivity contribution < 1.29 is 15.3 Å². The van der Waals surface area contributed by atoms with Crippen LogP contribution in [-0.4, -0.2) is 63.7 Å². The van der Waals surface area contributed by atoms with Crippen LogP contribution in [0.1, 0.15) is 64.0 Å². The van der Waals surface area contributed by atoms with Gasteiger partial charge in [-0.3, -0.25) is 4.99 Å². The van der Waals surface area contributed by atoms with Gasteiger partial charge in [0.2, 0.25) is 0 Å². The number of benzene rings is 1. The normalized spacial score (nSPS) is 37.9. The van der Waals surface area contributed by atoms with Gasteiger partial charge in [-0.05, 0) is 86.6 Å². The van der Waals surface area contributed by atoms with Crippen molar-refractivity contribution in [3.63, 3.8) is 0 Å². The maximum atomic E-state index is 12.5. The molecule has 41 heavy (non-hydrogen) atoms. The number of aromatic amines is 1. The fourth-order valence-corrected chi connectivity index (χ4v) is 9.19. The fourth-order valence-electron chi connectivity index (χ4n) is 9.19. The molecule has 1 aromatic carbocycles. The minimum absolute atomic E-state index is 0.0279. The number of allylic oxidation sites excluding steroid dienone is 1. The molecule has 5 aliphatic rings. The quantitative estimate of drug-likeness (QED) is 0.101. The molecule has 0 radical (unpaired) electrons. The molecule has 220 valence electrons. The molecular weight excluding hydrogens is 512 g/mol. The predicted octanol–water partition coefficient (Wildman–Crippen LogP) is 3.90. The second kappa shape index (κ2) is 10.8. The van der Waals surface area contributed by atoms with Gasteiger partial charge < -0.3 is 30.9 Å². The van der Waals surface area contributed by atoms with Crippen LogP contribution in [0.5, 0.6) is 0 Å². The van der Waals surface area contributed by atoms with Crippen LogP contribution in [-0.2, 0) is 6.42 Å². The molecule has 7 rings (SSSR count). The summed E-state index contributed by atoms with van der Waals surface area (Å²) in [5, 5.41) is 41.8. The molecule has 4 fully saturated rings. The molecule has 4 bridgehead atoms. The van der Waals surface area contributed by atoms with Crippen LogP contribution in [0.3, 0.4) is 0 Å². The lowest BCUT2D eigenvalue weighted by molar-refractivity contribution is -0.0887. The SMILES string of the molecule is C=C(Cc1cc2ccccc2[nH]1)C12CC#CC(NC(=NC)NCCCO)CC3(O)CCC4C3C1CCC(C2)C4(C)O. The Morgan fingerprint density at radius 2 is 2.00 bits per heavy atom. The summed E-state index contributed by atoms with van der Waals surface area (Å²) in [6.07, 6.45) is 6.87. The number of aliphatic hydroxyl groups excluding tert-OH is 1. The van der Waals surface area contributed by atoms with Gasteiger partial charge in [0.1, 0.15) is 0 Å². The first kappa shape index (κ1) is 28.3. The maximum Gasteiger partial charge on any atom is 0.191 e. The van der Waals surface area contributed by atoms with E-state index < -0.39 is 11.2 Å². The van der Waals surface area contributed by atoms with E-state index in [1.165, 1.54) is 11.0 Å². The molecule has 0 aliphatic heterocycles. The first-order chi connectivity index (χ1) is 19.7. The molecule has 8 atom stereocenters. The summed E-state index contributed by atoms with van der Waals surface area (Å²) in [5.41, 5.74) is 1.42. The lowest BCUT2D eigenvalue weighted by Gasteiger charge is -2.50. The first-order valence-corrected chi connectivity index (χ1v) is 15.5. The number of hydrogen-bond donors (Lipinski definition) is 6. The molecule has 0 spiro atoms. The highest BCUT2D eigenvalue weighted by Gasteiger charge is 2.66. The van der Waals surface area contributed by atoms with Gasteiger partial charge in [0, 0.05) is 56.1 Å². The minimum atomic E-state index is -0.939. The maximum absolute atomic E-state index is 12.5. The Hall–Kier alpha value is -2.79. The molecule has 7 nitrogen and oxygen atoms in total. The van der Waals surface area contributed by atoms with Gasteiger partial charge in [0.25, 0.3) is 0 Å². The van der Waals surface area contributed by atoms with Crippen LogP contribution in [0.25, 0.3) is 10.9 Å². The Kier molecular flexibility index (Phi) is 7.46. The number of H-pyrrole nitrogens is 1. The lowest BCUT2D eigenvalue weighted by Crippen LogP contribution is -2.51. The number of fused-ring (bicyclic) bond motifs is 2. The molecule has 7 heteroatoms. The summed E-state index contributed by atoms with van der Waals surface area (Å²) in [7, 11) is 1.73. The van der Waals surface area contributed by atoms with E-state index in [-0.39, 0.29) is 41.7 Å². The van der Waals surface area contributed by atoms with Crippen molar-refractivity contribution in [1.29, 1.82) is 0 Å². The minimum Gasteiger partial charge on any atom is -0.396 e. The van der Waals surface area contributed by atoms with Gasteiger partial charge in [-0.25, -0.2) is 0 Å². The molecule has 0 saturated heterocycles. The number of para-hydroxylation sites is 1. The van der Waals surface area contributed by atoms with E-state index in [0.29, 0.717) is 38.2 Å². The lowest BCUT2D eigenvalue weighted by atomic mass is 9.54. The summed E-state index contributed by atoms with van der Waals surface area (Å²) in [4.78, 5) is 7.97. The Morgan fingerprint density at radius 3 is 2.78 bits per heavy atom. The number of nitrogens with zero attached hydrogens (tertiary/aromatic N) is 1. The van der Waals surface area contributed by atoms with Crippen molar-refractivity contribution in [2.75, 3.05) is 20.2 Å². The second-order valence-electron chi connectivity index (χ2n) is 13.4. The average Bonchev–Trinajstić information content (AvgIpc) is 3.48. The first-order valence-electron chi connectivity index (χ1n) is 15.5. The molecule has 0 amide bonds. The Labute approximate surface area is 243 Å². The van der Waals surface area contributed by atoms with Crippen LogP contribution >= 0.6 is 0 Å². The van der Waals surface area contributed by atoms with Crippen LogP contribution < -0.4 is 10.6 Å². The predicted molar refractivity (Wildman–Crippen MR) is 163 cm³/mol. The van der Waals surface area contributed by atoms with Gasteiger partial charge >= 0.3 is 0 Å². The Bertz CT molecular complexity index is 1350. The molecule has 4 saturated carbocycles. The van der Waals surface area contributed by atoms with Crippen molar-refractivity contribution in [2.24, 2.45) is 34.1 Å². The van der Waals surface area contributed by atoms with E-state index in [0.717, 1.165) is 43.3 Å². The number of nitrogens with one attached hydrogen (secondary N) is 3. The fraction of sp³-hybridized carbons (Fsp3) is 0.618. The van der Waals surface area contributed by atoms with Crippen molar-refractivity contribution >= 4 is 16.9 Å².